The highest BCUT2D eigenvalue weighted by Crippen LogP contribution is 2.13. The maximum Gasteiger partial charge on any atom is 0.221 e. The van der Waals surface area contributed by atoms with Gasteiger partial charge in [0.15, 0.2) is 0 Å². The molecule has 2 atom stereocenters. The molecule has 0 aromatic heterocycles. The Labute approximate surface area is 121 Å². The molecule has 1 rings (SSSR count). The summed E-state index contributed by atoms with van der Waals surface area (Å²) in [5, 5.41) is 17.3. The minimum absolute atomic E-state index is 0.418. The second-order valence-corrected chi connectivity index (χ2v) is 5.13. The molecule has 0 unspecified atom stereocenters. The lowest BCUT2D eigenvalue weighted by Gasteiger charge is -2.33. The largest absolute Gasteiger partial charge is 0.386 e. The summed E-state index contributed by atoms with van der Waals surface area (Å²) in [6.45, 7) is 10.4. The van der Waals surface area contributed by atoms with E-state index in [0.717, 1.165) is 12.8 Å². The normalized spacial score (nSPS) is 27.9. The molecular formula is C14H26N6. The Hall–Kier alpha value is -1.69. The fourth-order valence-corrected chi connectivity index (χ4v) is 2.44. The van der Waals surface area contributed by atoms with Crippen LogP contribution in [0.15, 0.2) is 21.9 Å². The van der Waals surface area contributed by atoms with Gasteiger partial charge >= 0.3 is 0 Å². The van der Waals surface area contributed by atoms with Crippen LogP contribution < -0.4 is 16.0 Å². The minimum atomic E-state index is 0.418. The summed E-state index contributed by atoms with van der Waals surface area (Å²) < 4.78 is 0. The van der Waals surface area contributed by atoms with Crippen LogP contribution in [0.2, 0.25) is 0 Å². The van der Waals surface area contributed by atoms with Gasteiger partial charge in [-0.25, -0.2) is 4.99 Å². The highest BCUT2D eigenvalue weighted by Gasteiger charge is 2.22. The zero-order chi connectivity index (χ0) is 15.0. The van der Waals surface area contributed by atoms with Crippen molar-refractivity contribution in [1.29, 1.82) is 5.41 Å². The van der Waals surface area contributed by atoms with E-state index in [0.29, 0.717) is 36.3 Å². The molecule has 112 valence electrons. The van der Waals surface area contributed by atoms with Crippen LogP contribution in [0.4, 0.5) is 0 Å². The van der Waals surface area contributed by atoms with E-state index in [1.165, 1.54) is 6.21 Å². The Balaban J connectivity index is 2.58. The van der Waals surface area contributed by atoms with Gasteiger partial charge in [-0.1, -0.05) is 0 Å². The molecule has 0 aromatic carbocycles. The molecule has 4 N–H and O–H groups in total. The third-order valence-corrected chi connectivity index (χ3v) is 3.19. The molecule has 1 aliphatic rings. The first-order valence-corrected chi connectivity index (χ1v) is 7.10. The first kappa shape index (κ1) is 16.4. The van der Waals surface area contributed by atoms with Gasteiger partial charge in [0.05, 0.1) is 5.70 Å². The van der Waals surface area contributed by atoms with Crippen LogP contribution in [0.1, 0.15) is 33.6 Å². The molecule has 0 aromatic rings. The summed E-state index contributed by atoms with van der Waals surface area (Å²) in [5.74, 6) is 0.441. The Morgan fingerprint density at radius 1 is 1.40 bits per heavy atom. The number of rotatable bonds is 5. The van der Waals surface area contributed by atoms with Crippen molar-refractivity contribution < 1.29 is 0 Å². The van der Waals surface area contributed by atoms with E-state index < -0.39 is 0 Å². The van der Waals surface area contributed by atoms with Crippen molar-refractivity contribution in [2.75, 3.05) is 6.54 Å². The summed E-state index contributed by atoms with van der Waals surface area (Å²) in [4.78, 5) is 7.94. The van der Waals surface area contributed by atoms with Crippen LogP contribution in [0.3, 0.4) is 0 Å². The van der Waals surface area contributed by atoms with Crippen LogP contribution in [-0.4, -0.2) is 43.6 Å². The van der Waals surface area contributed by atoms with Gasteiger partial charge in [-0.15, -0.1) is 0 Å². The van der Waals surface area contributed by atoms with E-state index in [1.54, 1.807) is 0 Å². The first-order valence-electron chi connectivity index (χ1n) is 7.10. The molecule has 20 heavy (non-hydrogen) atoms. The lowest BCUT2D eigenvalue weighted by Crippen LogP contribution is -2.48. The lowest BCUT2D eigenvalue weighted by atomic mass is 9.95. The van der Waals surface area contributed by atoms with Gasteiger partial charge in [-0.2, -0.15) is 0 Å². The highest BCUT2D eigenvalue weighted by atomic mass is 15.1. The molecule has 0 aliphatic carbocycles. The third kappa shape index (κ3) is 5.52. The van der Waals surface area contributed by atoms with Crippen LogP contribution in [0.25, 0.3) is 0 Å². The fourth-order valence-electron chi connectivity index (χ4n) is 2.44. The van der Waals surface area contributed by atoms with Crippen LogP contribution in [0.5, 0.6) is 0 Å². The van der Waals surface area contributed by atoms with Crippen molar-refractivity contribution in [2.45, 2.75) is 51.7 Å². The number of allylic oxidation sites excluding steroid dienone is 1. The van der Waals surface area contributed by atoms with Crippen molar-refractivity contribution in [3.05, 3.63) is 11.9 Å². The molecule has 6 heteroatoms. The van der Waals surface area contributed by atoms with E-state index in [2.05, 4.69) is 46.5 Å². The zero-order valence-corrected chi connectivity index (χ0v) is 12.6. The van der Waals surface area contributed by atoms with Crippen LogP contribution in [0, 0.1) is 5.41 Å². The van der Waals surface area contributed by atoms with Crippen LogP contribution in [-0.2, 0) is 0 Å². The Kier molecular flexibility index (Phi) is 6.93. The van der Waals surface area contributed by atoms with E-state index in [9.17, 15) is 0 Å². The molecule has 1 fully saturated rings. The number of guanidine groups is 1. The SMILES string of the molecule is C=N/C(=N\CC)N/C(C=N)=C/NC1C[C@@H](C)N[C@H](C)C1. The number of hydrogen-bond acceptors (Lipinski definition) is 4. The molecule has 0 bridgehead atoms. The first-order chi connectivity index (χ1) is 9.58. The number of aliphatic imine (C=N–C) groups is 2. The molecule has 6 nitrogen and oxygen atoms in total. The molecule has 0 amide bonds. The van der Waals surface area contributed by atoms with Gasteiger partial charge in [-0.05, 0) is 40.3 Å². The minimum Gasteiger partial charge on any atom is -0.386 e. The standard InChI is InChI=1S/C14H26N6/c1-5-17-14(16-4)20-13(8-15)9-18-12-6-10(2)19-11(3)7-12/h8-12,15,18-19H,4-7H2,1-3H3,(H,17,20)/b13-9+,15-8?/t10-,11-/m1/s1. The average Bonchev–Trinajstić information content (AvgIpc) is 2.41. The maximum atomic E-state index is 7.43. The Morgan fingerprint density at radius 2 is 2.05 bits per heavy atom. The van der Waals surface area contributed by atoms with E-state index >= 15 is 0 Å². The Morgan fingerprint density at radius 3 is 2.55 bits per heavy atom. The second-order valence-electron chi connectivity index (χ2n) is 5.13. The average molecular weight is 278 g/mol. The molecule has 1 heterocycles. The fraction of sp³-hybridized carbons (Fsp3) is 0.643. The Bertz CT molecular complexity index is 377. The summed E-state index contributed by atoms with van der Waals surface area (Å²) in [5.41, 5.74) is 0.628. The number of hydrogen-bond donors (Lipinski definition) is 4. The van der Waals surface area contributed by atoms with Gasteiger partial charge in [-0.3, -0.25) is 4.99 Å². The van der Waals surface area contributed by atoms with Gasteiger partial charge < -0.3 is 21.4 Å². The zero-order valence-electron chi connectivity index (χ0n) is 12.6. The highest BCUT2D eigenvalue weighted by molar-refractivity contribution is 5.91. The van der Waals surface area contributed by atoms with Crippen molar-refractivity contribution in [2.24, 2.45) is 9.98 Å². The monoisotopic (exact) mass is 278 g/mol. The summed E-state index contributed by atoms with van der Waals surface area (Å²) in [6.07, 6.45) is 5.21. The van der Waals surface area contributed by atoms with Gasteiger partial charge in [0.25, 0.3) is 0 Å². The molecule has 0 saturated carbocycles. The molecule has 0 spiro atoms. The maximum absolute atomic E-state index is 7.43. The van der Waals surface area contributed by atoms with Gasteiger partial charge in [0.1, 0.15) is 0 Å². The lowest BCUT2D eigenvalue weighted by molar-refractivity contribution is 0.297. The van der Waals surface area contributed by atoms with Gasteiger partial charge in [0, 0.05) is 37.1 Å². The summed E-state index contributed by atoms with van der Waals surface area (Å²) >= 11 is 0. The number of nitrogens with one attached hydrogen (secondary N) is 4. The second kappa shape index (κ2) is 8.47. The predicted octanol–water partition coefficient (Wildman–Crippen LogP) is 1.26. The van der Waals surface area contributed by atoms with E-state index in [-0.39, 0.29) is 0 Å². The molecule has 0 radical (unpaired) electrons. The molecule has 1 saturated heterocycles. The topological polar surface area (TPSA) is 84.7 Å². The van der Waals surface area contributed by atoms with Crippen molar-refractivity contribution >= 4 is 18.9 Å². The van der Waals surface area contributed by atoms with E-state index in [4.69, 9.17) is 5.41 Å². The molecule has 1 aliphatic heterocycles. The predicted molar refractivity (Wildman–Crippen MR) is 85.7 cm³/mol. The smallest absolute Gasteiger partial charge is 0.221 e. The van der Waals surface area contributed by atoms with Crippen molar-refractivity contribution in [3.63, 3.8) is 0 Å². The summed E-state index contributed by atoms with van der Waals surface area (Å²) in [7, 11) is 0. The van der Waals surface area contributed by atoms with E-state index in [1.807, 2.05) is 13.1 Å². The quantitative estimate of drug-likeness (QED) is 0.451. The third-order valence-electron chi connectivity index (χ3n) is 3.19. The van der Waals surface area contributed by atoms with Crippen LogP contribution >= 0.6 is 0 Å². The molecular weight excluding hydrogens is 252 g/mol. The number of nitrogens with zero attached hydrogens (tertiary/aromatic N) is 2. The van der Waals surface area contributed by atoms with Crippen molar-refractivity contribution in [1.82, 2.24) is 16.0 Å². The van der Waals surface area contributed by atoms with Gasteiger partial charge in [0.2, 0.25) is 5.96 Å². The summed E-state index contributed by atoms with van der Waals surface area (Å²) in [6, 6.07) is 1.43. The number of piperidine rings is 1. The van der Waals surface area contributed by atoms with Crippen molar-refractivity contribution in [3.8, 4) is 0 Å².